The third kappa shape index (κ3) is 2.36. The van der Waals surface area contributed by atoms with Crippen LogP contribution in [0.4, 0.5) is 0 Å². The van der Waals surface area contributed by atoms with E-state index in [1.807, 2.05) is 6.20 Å². The zero-order valence-electron chi connectivity index (χ0n) is 8.11. The molecule has 0 bridgehead atoms. The highest BCUT2D eigenvalue weighted by Gasteiger charge is 2.24. The van der Waals surface area contributed by atoms with Crippen molar-refractivity contribution < 1.29 is 4.79 Å². The van der Waals surface area contributed by atoms with Crippen molar-refractivity contribution in [1.29, 1.82) is 0 Å². The fraction of sp³-hybridized carbons (Fsp3) is 0.700. The van der Waals surface area contributed by atoms with E-state index in [0.717, 1.165) is 12.8 Å². The summed E-state index contributed by atoms with van der Waals surface area (Å²) in [5.41, 5.74) is 1.47. The molecule has 0 aromatic rings. The van der Waals surface area contributed by atoms with Gasteiger partial charge >= 0.3 is 0 Å². The van der Waals surface area contributed by atoms with Gasteiger partial charge in [-0.25, -0.2) is 0 Å². The number of amides is 1. The largest absolute Gasteiger partial charge is 0.333 e. The van der Waals surface area contributed by atoms with Gasteiger partial charge in [-0.2, -0.15) is 0 Å². The van der Waals surface area contributed by atoms with Gasteiger partial charge in [0.2, 0.25) is 5.91 Å². The van der Waals surface area contributed by atoms with E-state index in [1.165, 1.54) is 5.57 Å². The zero-order chi connectivity index (χ0) is 9.19. The van der Waals surface area contributed by atoms with Crippen LogP contribution in [-0.4, -0.2) is 5.91 Å². The van der Waals surface area contributed by atoms with E-state index >= 15 is 0 Å². The highest BCUT2D eigenvalue weighted by molar-refractivity contribution is 5.78. The predicted octanol–water partition coefficient (Wildman–Crippen LogP) is 2.22. The van der Waals surface area contributed by atoms with Crippen LogP contribution in [0.25, 0.3) is 0 Å². The summed E-state index contributed by atoms with van der Waals surface area (Å²) in [6.07, 6.45) is 4.57. The molecule has 12 heavy (non-hydrogen) atoms. The highest BCUT2D eigenvalue weighted by atomic mass is 16.1. The van der Waals surface area contributed by atoms with Gasteiger partial charge in [0.15, 0.2) is 0 Å². The van der Waals surface area contributed by atoms with Crippen LogP contribution in [0, 0.1) is 5.41 Å². The standard InChI is InChI=1S/C10H17NO/c1-4-8-5-10(2,3)6-9(12)11-7-8/h7H,4-6H2,1-3H3,(H,11,12). The Morgan fingerprint density at radius 3 is 2.75 bits per heavy atom. The van der Waals surface area contributed by atoms with Crippen LogP contribution in [0.1, 0.15) is 40.0 Å². The normalized spacial score (nSPS) is 22.6. The van der Waals surface area contributed by atoms with Gasteiger partial charge in [-0.15, -0.1) is 0 Å². The maximum Gasteiger partial charge on any atom is 0.224 e. The molecule has 0 aromatic carbocycles. The Kier molecular flexibility index (Phi) is 2.55. The lowest BCUT2D eigenvalue weighted by Crippen LogP contribution is -2.21. The van der Waals surface area contributed by atoms with Crippen LogP contribution in [0.3, 0.4) is 0 Å². The molecule has 1 rings (SSSR count). The Morgan fingerprint density at radius 2 is 2.17 bits per heavy atom. The Bertz CT molecular complexity index is 216. The van der Waals surface area contributed by atoms with Gasteiger partial charge in [-0.1, -0.05) is 26.3 Å². The predicted molar refractivity (Wildman–Crippen MR) is 49.5 cm³/mol. The second-order valence-corrected chi connectivity index (χ2v) is 4.24. The topological polar surface area (TPSA) is 29.1 Å². The number of nitrogens with one attached hydrogen (secondary N) is 1. The molecule has 1 aliphatic heterocycles. The summed E-state index contributed by atoms with van der Waals surface area (Å²) in [6, 6.07) is 0. The Hall–Kier alpha value is -0.790. The lowest BCUT2D eigenvalue weighted by Gasteiger charge is -2.21. The van der Waals surface area contributed by atoms with E-state index < -0.39 is 0 Å². The lowest BCUT2D eigenvalue weighted by atomic mass is 9.83. The summed E-state index contributed by atoms with van der Waals surface area (Å²) in [5.74, 6) is 0.142. The second kappa shape index (κ2) is 3.30. The van der Waals surface area contributed by atoms with E-state index in [2.05, 4.69) is 26.1 Å². The van der Waals surface area contributed by atoms with Crippen molar-refractivity contribution in [2.24, 2.45) is 5.41 Å². The van der Waals surface area contributed by atoms with Gasteiger partial charge in [0.05, 0.1) is 0 Å². The molecule has 1 amide bonds. The van der Waals surface area contributed by atoms with Gasteiger partial charge in [0.1, 0.15) is 0 Å². The molecule has 0 atom stereocenters. The molecular formula is C10H17NO. The van der Waals surface area contributed by atoms with E-state index in [4.69, 9.17) is 0 Å². The lowest BCUT2D eigenvalue weighted by molar-refractivity contribution is -0.121. The molecule has 2 nitrogen and oxygen atoms in total. The van der Waals surface area contributed by atoms with Gasteiger partial charge in [0, 0.05) is 12.6 Å². The van der Waals surface area contributed by atoms with Crippen molar-refractivity contribution in [1.82, 2.24) is 5.32 Å². The number of rotatable bonds is 1. The third-order valence-corrected chi connectivity index (χ3v) is 2.24. The molecule has 1 N–H and O–H groups in total. The SMILES string of the molecule is CCC1=CNC(=O)CC(C)(C)C1. The molecule has 2 heteroatoms. The van der Waals surface area contributed by atoms with Gasteiger partial charge in [-0.3, -0.25) is 4.79 Å². The molecule has 1 aliphatic rings. The molecule has 1 heterocycles. The summed E-state index contributed by atoms with van der Waals surface area (Å²) in [5, 5.41) is 2.80. The number of carbonyl (C=O) groups is 1. The minimum atomic E-state index is 0.127. The first-order valence-electron chi connectivity index (χ1n) is 4.51. The first-order chi connectivity index (χ1) is 5.53. The number of allylic oxidation sites excluding steroid dienone is 1. The number of carbonyl (C=O) groups excluding carboxylic acids is 1. The fourth-order valence-corrected chi connectivity index (χ4v) is 1.62. The van der Waals surface area contributed by atoms with Crippen LogP contribution < -0.4 is 5.32 Å². The van der Waals surface area contributed by atoms with E-state index in [0.29, 0.717) is 6.42 Å². The van der Waals surface area contributed by atoms with Gasteiger partial charge < -0.3 is 5.32 Å². The Morgan fingerprint density at radius 1 is 1.50 bits per heavy atom. The van der Waals surface area contributed by atoms with Gasteiger partial charge in [0.25, 0.3) is 0 Å². The Labute approximate surface area is 74.0 Å². The van der Waals surface area contributed by atoms with E-state index in [1.54, 1.807) is 0 Å². The van der Waals surface area contributed by atoms with Gasteiger partial charge in [-0.05, 0) is 18.3 Å². The highest BCUT2D eigenvalue weighted by Crippen LogP contribution is 2.31. The summed E-state index contributed by atoms with van der Waals surface area (Å²) >= 11 is 0. The third-order valence-electron chi connectivity index (χ3n) is 2.24. The molecule has 0 saturated carbocycles. The molecule has 0 aromatic heterocycles. The van der Waals surface area contributed by atoms with Crippen LogP contribution in [-0.2, 0) is 4.79 Å². The first-order valence-corrected chi connectivity index (χ1v) is 4.51. The Balaban J connectivity index is 2.76. The molecular weight excluding hydrogens is 150 g/mol. The van der Waals surface area contributed by atoms with Crippen molar-refractivity contribution >= 4 is 5.91 Å². The summed E-state index contributed by atoms with van der Waals surface area (Å²) in [7, 11) is 0. The van der Waals surface area contributed by atoms with E-state index in [-0.39, 0.29) is 11.3 Å². The molecule has 0 radical (unpaired) electrons. The second-order valence-electron chi connectivity index (χ2n) is 4.24. The average molecular weight is 167 g/mol. The van der Waals surface area contributed by atoms with Crippen molar-refractivity contribution in [3.05, 3.63) is 11.8 Å². The van der Waals surface area contributed by atoms with Crippen LogP contribution >= 0.6 is 0 Å². The number of hydrogen-bond acceptors (Lipinski definition) is 1. The molecule has 0 aliphatic carbocycles. The van der Waals surface area contributed by atoms with Crippen LogP contribution in [0.15, 0.2) is 11.8 Å². The summed E-state index contributed by atoms with van der Waals surface area (Å²) in [6.45, 7) is 6.40. The molecule has 0 saturated heterocycles. The average Bonchev–Trinajstić information content (AvgIpc) is 2.07. The van der Waals surface area contributed by atoms with Crippen LogP contribution in [0.2, 0.25) is 0 Å². The maximum atomic E-state index is 11.2. The molecule has 68 valence electrons. The molecule has 0 fully saturated rings. The maximum absolute atomic E-state index is 11.2. The summed E-state index contributed by atoms with van der Waals surface area (Å²) in [4.78, 5) is 11.2. The van der Waals surface area contributed by atoms with Crippen molar-refractivity contribution in [2.75, 3.05) is 0 Å². The fourth-order valence-electron chi connectivity index (χ4n) is 1.62. The minimum absolute atomic E-state index is 0.127. The van der Waals surface area contributed by atoms with Crippen molar-refractivity contribution in [2.45, 2.75) is 40.0 Å². The minimum Gasteiger partial charge on any atom is -0.333 e. The smallest absolute Gasteiger partial charge is 0.224 e. The summed E-state index contributed by atoms with van der Waals surface area (Å²) < 4.78 is 0. The quantitative estimate of drug-likeness (QED) is 0.637. The van der Waals surface area contributed by atoms with E-state index in [9.17, 15) is 4.79 Å². The molecule has 0 unspecified atom stereocenters. The van der Waals surface area contributed by atoms with Crippen LogP contribution in [0.5, 0.6) is 0 Å². The van der Waals surface area contributed by atoms with Crippen molar-refractivity contribution in [3.63, 3.8) is 0 Å². The molecule has 0 spiro atoms. The number of hydrogen-bond donors (Lipinski definition) is 1. The first kappa shape index (κ1) is 9.30. The zero-order valence-corrected chi connectivity index (χ0v) is 8.11. The monoisotopic (exact) mass is 167 g/mol. The van der Waals surface area contributed by atoms with Crippen molar-refractivity contribution in [3.8, 4) is 0 Å².